The predicted molar refractivity (Wildman–Crippen MR) is 148 cm³/mol. The zero-order valence-corrected chi connectivity index (χ0v) is 22.0. The highest BCUT2D eigenvalue weighted by molar-refractivity contribution is 6.37. The van der Waals surface area contributed by atoms with Crippen LogP contribution in [0, 0.1) is 10.1 Å². The van der Waals surface area contributed by atoms with Crippen LogP contribution in [0.25, 0.3) is 16.3 Å². The molecule has 8 heteroatoms. The number of nitrogens with zero attached hydrogens (tertiary/aromatic N) is 3. The first-order valence-electron chi connectivity index (χ1n) is 12.7. The van der Waals surface area contributed by atoms with Crippen molar-refractivity contribution in [2.45, 2.75) is 38.8 Å². The third kappa shape index (κ3) is 6.20. The molecule has 0 aromatic heterocycles. The highest BCUT2D eigenvalue weighted by Gasteiger charge is 2.28. The van der Waals surface area contributed by atoms with Crippen LogP contribution in [0.2, 0.25) is 5.02 Å². The van der Waals surface area contributed by atoms with E-state index in [-0.39, 0.29) is 16.7 Å². The first-order valence-corrected chi connectivity index (χ1v) is 13.0. The molecule has 1 saturated heterocycles. The number of carbonyl (C=O) groups excluding carboxylic acids is 1. The van der Waals surface area contributed by atoms with Crippen LogP contribution in [0.15, 0.2) is 54.6 Å². The van der Waals surface area contributed by atoms with Gasteiger partial charge in [-0.25, -0.2) is 4.79 Å². The SMILES string of the molecule is CCCCC(C(=C=O)c1ccc2c(Cl)c(OC)ccc2c1)N1CCN(Cc2ccc([N+](=O)[O-])cc2)CC1. The van der Waals surface area contributed by atoms with E-state index >= 15 is 0 Å². The number of piperazine rings is 1. The summed E-state index contributed by atoms with van der Waals surface area (Å²) in [5.41, 5.74) is 2.72. The number of fused-ring (bicyclic) bond motifs is 1. The van der Waals surface area contributed by atoms with E-state index in [0.29, 0.717) is 16.3 Å². The van der Waals surface area contributed by atoms with Gasteiger partial charge < -0.3 is 4.74 Å². The summed E-state index contributed by atoms with van der Waals surface area (Å²) < 4.78 is 5.34. The average molecular weight is 522 g/mol. The number of hydrogen-bond acceptors (Lipinski definition) is 6. The molecule has 194 valence electrons. The molecule has 1 aliphatic rings. The molecule has 1 heterocycles. The summed E-state index contributed by atoms with van der Waals surface area (Å²) in [6, 6.07) is 16.5. The number of methoxy groups -OCH3 is 1. The van der Waals surface area contributed by atoms with Crippen molar-refractivity contribution in [2.75, 3.05) is 33.3 Å². The molecule has 1 aliphatic heterocycles. The summed E-state index contributed by atoms with van der Waals surface area (Å²) in [6.07, 6.45) is 2.97. The molecule has 0 radical (unpaired) electrons. The van der Waals surface area contributed by atoms with E-state index in [1.165, 1.54) is 0 Å². The smallest absolute Gasteiger partial charge is 0.269 e. The number of benzene rings is 3. The maximum Gasteiger partial charge on any atom is 0.269 e. The maximum atomic E-state index is 12.3. The Kier molecular flexibility index (Phi) is 8.95. The van der Waals surface area contributed by atoms with Gasteiger partial charge in [0.15, 0.2) is 0 Å². The Hall–Kier alpha value is -3.22. The number of nitro groups is 1. The van der Waals surface area contributed by atoms with E-state index in [9.17, 15) is 14.9 Å². The Labute approximate surface area is 222 Å². The molecule has 7 nitrogen and oxygen atoms in total. The Morgan fingerprint density at radius 1 is 1.11 bits per heavy atom. The van der Waals surface area contributed by atoms with Crippen molar-refractivity contribution in [3.63, 3.8) is 0 Å². The van der Waals surface area contributed by atoms with Crippen molar-refractivity contribution in [3.05, 3.63) is 80.9 Å². The number of ether oxygens (including phenoxy) is 1. The molecule has 1 fully saturated rings. The highest BCUT2D eigenvalue weighted by atomic mass is 35.5. The number of nitro benzene ring substituents is 1. The summed E-state index contributed by atoms with van der Waals surface area (Å²) in [5, 5.41) is 13.3. The van der Waals surface area contributed by atoms with Gasteiger partial charge >= 0.3 is 0 Å². The molecule has 0 N–H and O–H groups in total. The average Bonchev–Trinajstić information content (AvgIpc) is 2.92. The molecule has 0 spiro atoms. The van der Waals surface area contributed by atoms with Gasteiger partial charge in [0.2, 0.25) is 0 Å². The van der Waals surface area contributed by atoms with Gasteiger partial charge in [-0.15, -0.1) is 0 Å². The van der Waals surface area contributed by atoms with Gasteiger partial charge in [0.05, 0.1) is 22.6 Å². The van der Waals surface area contributed by atoms with Crippen LogP contribution < -0.4 is 4.74 Å². The summed E-state index contributed by atoms with van der Waals surface area (Å²) in [6.45, 7) is 6.30. The number of hydrogen-bond donors (Lipinski definition) is 0. The van der Waals surface area contributed by atoms with Crippen LogP contribution in [0.1, 0.15) is 37.3 Å². The second-order valence-electron chi connectivity index (χ2n) is 9.43. The standard InChI is InChI=1S/C29H32ClN3O4/c1-3-4-5-27(26(20-34)23-8-12-25-22(18-23)9-13-28(37-2)29(25)30)32-16-14-31(15-17-32)19-21-6-10-24(11-7-21)33(35)36/h6-13,18,27H,3-5,14-17,19H2,1-2H3. The minimum Gasteiger partial charge on any atom is -0.495 e. The van der Waals surface area contributed by atoms with Crippen LogP contribution in [0.4, 0.5) is 5.69 Å². The predicted octanol–water partition coefficient (Wildman–Crippen LogP) is 6.00. The number of non-ortho nitro benzene ring substituents is 1. The normalized spacial score (nSPS) is 15.3. The van der Waals surface area contributed by atoms with E-state index < -0.39 is 0 Å². The fourth-order valence-corrected chi connectivity index (χ4v) is 5.35. The lowest BCUT2D eigenvalue weighted by molar-refractivity contribution is -0.384. The van der Waals surface area contributed by atoms with E-state index in [1.807, 2.05) is 42.5 Å². The lowest BCUT2D eigenvalue weighted by Crippen LogP contribution is -2.50. The minimum atomic E-state index is -0.377. The van der Waals surface area contributed by atoms with Crippen LogP contribution >= 0.6 is 11.6 Å². The molecular weight excluding hydrogens is 490 g/mol. The topological polar surface area (TPSA) is 75.9 Å². The van der Waals surface area contributed by atoms with Crippen LogP contribution in [0.5, 0.6) is 5.75 Å². The van der Waals surface area contributed by atoms with Crippen molar-refractivity contribution in [1.29, 1.82) is 0 Å². The quantitative estimate of drug-likeness (QED) is 0.185. The number of unbranched alkanes of at least 4 members (excludes halogenated alkanes) is 1. The first-order chi connectivity index (χ1) is 17.9. The lowest BCUT2D eigenvalue weighted by Gasteiger charge is -2.39. The largest absolute Gasteiger partial charge is 0.495 e. The number of halogens is 1. The Morgan fingerprint density at radius 3 is 2.46 bits per heavy atom. The third-order valence-corrected chi connectivity index (χ3v) is 7.51. The van der Waals surface area contributed by atoms with Gasteiger partial charge in [-0.3, -0.25) is 19.9 Å². The van der Waals surface area contributed by atoms with Crippen LogP contribution in [-0.4, -0.2) is 60.0 Å². The molecule has 1 atom stereocenters. The first kappa shape index (κ1) is 26.8. The van der Waals surface area contributed by atoms with E-state index in [1.54, 1.807) is 19.2 Å². The molecule has 3 aromatic carbocycles. The van der Waals surface area contributed by atoms with Gasteiger partial charge in [-0.1, -0.05) is 61.7 Å². The Morgan fingerprint density at radius 2 is 1.84 bits per heavy atom. The van der Waals surface area contributed by atoms with Gasteiger partial charge in [-0.05, 0) is 35.1 Å². The summed E-state index contributed by atoms with van der Waals surface area (Å²) in [4.78, 5) is 27.6. The second kappa shape index (κ2) is 12.3. The van der Waals surface area contributed by atoms with E-state index in [0.717, 1.165) is 73.9 Å². The second-order valence-corrected chi connectivity index (χ2v) is 9.81. The number of rotatable bonds is 10. The lowest BCUT2D eigenvalue weighted by atomic mass is 9.92. The Balaban J connectivity index is 1.49. The third-order valence-electron chi connectivity index (χ3n) is 7.12. The fourth-order valence-electron chi connectivity index (χ4n) is 5.04. The van der Waals surface area contributed by atoms with Gasteiger partial charge in [0.1, 0.15) is 11.7 Å². The molecule has 0 bridgehead atoms. The summed E-state index contributed by atoms with van der Waals surface area (Å²) >= 11 is 6.50. The maximum absolute atomic E-state index is 12.3. The molecule has 0 amide bonds. The van der Waals surface area contributed by atoms with Crippen molar-refractivity contribution >= 4 is 39.6 Å². The van der Waals surface area contributed by atoms with Gasteiger partial charge in [0, 0.05) is 56.3 Å². The Bertz CT molecular complexity index is 1300. The van der Waals surface area contributed by atoms with Crippen LogP contribution in [-0.2, 0) is 11.3 Å². The van der Waals surface area contributed by atoms with Gasteiger partial charge in [0.25, 0.3) is 5.69 Å². The molecule has 0 aliphatic carbocycles. The molecular formula is C29H32ClN3O4. The monoisotopic (exact) mass is 521 g/mol. The molecule has 3 aromatic rings. The highest BCUT2D eigenvalue weighted by Crippen LogP contribution is 2.35. The van der Waals surface area contributed by atoms with Gasteiger partial charge in [-0.2, -0.15) is 0 Å². The van der Waals surface area contributed by atoms with Crippen molar-refractivity contribution in [3.8, 4) is 5.75 Å². The molecule has 4 rings (SSSR count). The zero-order valence-electron chi connectivity index (χ0n) is 21.3. The summed E-state index contributed by atoms with van der Waals surface area (Å²) in [7, 11) is 1.60. The van der Waals surface area contributed by atoms with Crippen molar-refractivity contribution < 1.29 is 14.5 Å². The molecule has 1 unspecified atom stereocenters. The molecule has 37 heavy (non-hydrogen) atoms. The minimum absolute atomic E-state index is 0.00912. The van der Waals surface area contributed by atoms with Crippen molar-refractivity contribution in [1.82, 2.24) is 9.80 Å². The molecule has 0 saturated carbocycles. The van der Waals surface area contributed by atoms with Crippen LogP contribution in [0.3, 0.4) is 0 Å². The van der Waals surface area contributed by atoms with Crippen molar-refractivity contribution in [2.24, 2.45) is 0 Å². The summed E-state index contributed by atoms with van der Waals surface area (Å²) in [5.74, 6) is 2.92. The van der Waals surface area contributed by atoms with E-state index in [4.69, 9.17) is 16.3 Å². The fraction of sp³-hybridized carbons (Fsp3) is 0.379. The van der Waals surface area contributed by atoms with E-state index in [2.05, 4.69) is 22.7 Å². The zero-order chi connectivity index (χ0) is 26.4.